The Morgan fingerprint density at radius 3 is 2.95 bits per heavy atom. The highest BCUT2D eigenvalue weighted by Crippen LogP contribution is 2.41. The van der Waals surface area contributed by atoms with Crippen molar-refractivity contribution in [2.45, 2.75) is 25.3 Å². The second kappa shape index (κ2) is 4.46. The summed E-state index contributed by atoms with van der Waals surface area (Å²) in [5.74, 6) is 1.64. The molecule has 2 aliphatic rings. The van der Waals surface area contributed by atoms with Crippen molar-refractivity contribution in [3.8, 4) is 0 Å². The van der Waals surface area contributed by atoms with E-state index in [4.69, 9.17) is 5.73 Å². The molecule has 4 rings (SSSR count). The van der Waals surface area contributed by atoms with E-state index in [0.717, 1.165) is 17.4 Å². The maximum atomic E-state index is 6.12. The topological polar surface area (TPSA) is 42.1 Å². The fraction of sp³-hybridized carbons (Fsp3) is 0.533. The maximum Gasteiger partial charge on any atom is 0.119 e. The molecular formula is C15H19N3S. The molecule has 2 fully saturated rings. The van der Waals surface area contributed by atoms with Crippen LogP contribution in [-0.4, -0.2) is 23.5 Å². The van der Waals surface area contributed by atoms with Gasteiger partial charge in [0.05, 0.1) is 5.52 Å². The van der Waals surface area contributed by atoms with Gasteiger partial charge in [0, 0.05) is 24.5 Å². The Balaban J connectivity index is 1.64. The van der Waals surface area contributed by atoms with Gasteiger partial charge in [-0.2, -0.15) is 4.37 Å². The SMILES string of the molecule is NC1CC[C@@H]2CN(c3snc4ccccc34)C[C@@H]2C1. The first-order valence-electron chi connectivity index (χ1n) is 7.16. The van der Waals surface area contributed by atoms with Gasteiger partial charge in [-0.05, 0) is 54.8 Å². The number of aromatic nitrogens is 1. The van der Waals surface area contributed by atoms with Crippen LogP contribution in [0.2, 0.25) is 0 Å². The summed E-state index contributed by atoms with van der Waals surface area (Å²) in [6, 6.07) is 8.91. The van der Waals surface area contributed by atoms with E-state index in [0.29, 0.717) is 6.04 Å². The van der Waals surface area contributed by atoms with Gasteiger partial charge in [-0.25, -0.2) is 0 Å². The van der Waals surface area contributed by atoms with Crippen molar-refractivity contribution in [1.29, 1.82) is 0 Å². The number of anilines is 1. The molecule has 1 saturated carbocycles. The van der Waals surface area contributed by atoms with E-state index in [2.05, 4.69) is 33.5 Å². The summed E-state index contributed by atoms with van der Waals surface area (Å²) in [5.41, 5.74) is 7.25. The highest BCUT2D eigenvalue weighted by atomic mass is 32.1. The number of nitrogens with zero attached hydrogens (tertiary/aromatic N) is 2. The van der Waals surface area contributed by atoms with Gasteiger partial charge in [-0.1, -0.05) is 12.1 Å². The second-order valence-electron chi connectivity index (χ2n) is 6.00. The van der Waals surface area contributed by atoms with Crippen molar-refractivity contribution in [2.75, 3.05) is 18.0 Å². The third-order valence-electron chi connectivity index (χ3n) is 4.74. The molecule has 1 unspecified atom stereocenters. The Kier molecular flexibility index (Phi) is 2.74. The Morgan fingerprint density at radius 1 is 1.16 bits per heavy atom. The molecule has 2 heterocycles. The number of hydrogen-bond donors (Lipinski definition) is 1. The molecule has 3 nitrogen and oxygen atoms in total. The van der Waals surface area contributed by atoms with Crippen LogP contribution in [-0.2, 0) is 0 Å². The number of rotatable bonds is 1. The Labute approximate surface area is 117 Å². The zero-order valence-corrected chi connectivity index (χ0v) is 11.8. The fourth-order valence-electron chi connectivity index (χ4n) is 3.74. The first kappa shape index (κ1) is 11.7. The van der Waals surface area contributed by atoms with Crippen molar-refractivity contribution in [3.05, 3.63) is 24.3 Å². The lowest BCUT2D eigenvalue weighted by Crippen LogP contribution is -2.32. The van der Waals surface area contributed by atoms with Crippen LogP contribution in [0.3, 0.4) is 0 Å². The number of nitrogens with two attached hydrogens (primary N) is 1. The second-order valence-corrected chi connectivity index (χ2v) is 6.75. The van der Waals surface area contributed by atoms with E-state index in [9.17, 15) is 0 Å². The predicted molar refractivity (Wildman–Crippen MR) is 80.6 cm³/mol. The van der Waals surface area contributed by atoms with E-state index in [1.54, 1.807) is 11.5 Å². The molecule has 0 bridgehead atoms. The monoisotopic (exact) mass is 273 g/mol. The zero-order valence-electron chi connectivity index (χ0n) is 11.0. The van der Waals surface area contributed by atoms with E-state index in [-0.39, 0.29) is 0 Å². The van der Waals surface area contributed by atoms with Gasteiger partial charge in [0.2, 0.25) is 0 Å². The largest absolute Gasteiger partial charge is 0.361 e. The lowest BCUT2D eigenvalue weighted by atomic mass is 9.79. The van der Waals surface area contributed by atoms with Crippen molar-refractivity contribution in [1.82, 2.24) is 4.37 Å². The lowest BCUT2D eigenvalue weighted by Gasteiger charge is -2.27. The molecular weight excluding hydrogens is 254 g/mol. The first-order valence-corrected chi connectivity index (χ1v) is 7.93. The van der Waals surface area contributed by atoms with Gasteiger partial charge >= 0.3 is 0 Å². The third kappa shape index (κ3) is 1.94. The van der Waals surface area contributed by atoms with Gasteiger partial charge in [0.15, 0.2) is 0 Å². The van der Waals surface area contributed by atoms with Crippen molar-refractivity contribution in [3.63, 3.8) is 0 Å². The molecule has 1 aliphatic carbocycles. The zero-order chi connectivity index (χ0) is 12.8. The fourth-order valence-corrected chi connectivity index (χ4v) is 4.62. The lowest BCUT2D eigenvalue weighted by molar-refractivity contribution is 0.271. The van der Waals surface area contributed by atoms with Crippen LogP contribution in [0.5, 0.6) is 0 Å². The highest BCUT2D eigenvalue weighted by molar-refractivity contribution is 7.11. The average molecular weight is 273 g/mol. The Morgan fingerprint density at radius 2 is 2.00 bits per heavy atom. The smallest absolute Gasteiger partial charge is 0.119 e. The molecule has 1 aromatic carbocycles. The number of fused-ring (bicyclic) bond motifs is 2. The van der Waals surface area contributed by atoms with Gasteiger partial charge in [-0.15, -0.1) is 0 Å². The minimum atomic E-state index is 0.430. The van der Waals surface area contributed by atoms with Crippen LogP contribution in [0.4, 0.5) is 5.00 Å². The predicted octanol–water partition coefficient (Wildman–Crippen LogP) is 2.86. The normalized spacial score (nSPS) is 30.8. The average Bonchev–Trinajstić information content (AvgIpc) is 3.00. The summed E-state index contributed by atoms with van der Waals surface area (Å²) in [7, 11) is 0. The van der Waals surface area contributed by atoms with Crippen LogP contribution >= 0.6 is 11.5 Å². The van der Waals surface area contributed by atoms with Crippen molar-refractivity contribution in [2.24, 2.45) is 17.6 Å². The minimum absolute atomic E-state index is 0.430. The summed E-state index contributed by atoms with van der Waals surface area (Å²) < 4.78 is 4.57. The summed E-state index contributed by atoms with van der Waals surface area (Å²) in [6.07, 6.45) is 3.72. The maximum absolute atomic E-state index is 6.12. The molecule has 1 aliphatic heterocycles. The molecule has 4 heteroatoms. The third-order valence-corrected chi connectivity index (χ3v) is 5.68. The highest BCUT2D eigenvalue weighted by Gasteiger charge is 2.37. The van der Waals surface area contributed by atoms with E-state index in [1.807, 2.05) is 0 Å². The number of benzene rings is 1. The van der Waals surface area contributed by atoms with E-state index < -0.39 is 0 Å². The standard InChI is InChI=1S/C15H19N3S/c16-12-6-5-10-8-18(9-11(10)7-12)15-13-3-1-2-4-14(13)17-19-15/h1-4,10-12H,5-9,16H2/t10-,11+,12?/m1/s1. The van der Waals surface area contributed by atoms with E-state index >= 15 is 0 Å². The van der Waals surface area contributed by atoms with Crippen molar-refractivity contribution >= 4 is 27.4 Å². The molecule has 1 saturated heterocycles. The summed E-state index contributed by atoms with van der Waals surface area (Å²) in [5, 5.41) is 2.68. The number of hydrogen-bond acceptors (Lipinski definition) is 4. The van der Waals surface area contributed by atoms with Gasteiger partial charge in [-0.3, -0.25) is 0 Å². The molecule has 19 heavy (non-hydrogen) atoms. The molecule has 1 aromatic heterocycles. The molecule has 0 amide bonds. The summed E-state index contributed by atoms with van der Waals surface area (Å²) in [6.45, 7) is 2.37. The van der Waals surface area contributed by atoms with Crippen LogP contribution < -0.4 is 10.6 Å². The molecule has 2 aromatic rings. The quantitative estimate of drug-likeness (QED) is 0.868. The Bertz CT molecular complexity index is 594. The van der Waals surface area contributed by atoms with E-state index in [1.165, 1.54) is 42.7 Å². The van der Waals surface area contributed by atoms with Gasteiger partial charge in [0.25, 0.3) is 0 Å². The van der Waals surface area contributed by atoms with Gasteiger partial charge < -0.3 is 10.6 Å². The van der Waals surface area contributed by atoms with Crippen LogP contribution in [0.25, 0.3) is 10.9 Å². The van der Waals surface area contributed by atoms with Gasteiger partial charge in [0.1, 0.15) is 5.00 Å². The molecule has 100 valence electrons. The first-order chi connectivity index (χ1) is 9.31. The van der Waals surface area contributed by atoms with Crippen LogP contribution in [0.1, 0.15) is 19.3 Å². The van der Waals surface area contributed by atoms with Crippen LogP contribution in [0.15, 0.2) is 24.3 Å². The molecule has 0 radical (unpaired) electrons. The van der Waals surface area contributed by atoms with Crippen LogP contribution in [0, 0.1) is 11.8 Å². The summed E-state index contributed by atoms with van der Waals surface area (Å²) >= 11 is 1.65. The minimum Gasteiger partial charge on any atom is -0.361 e. The molecule has 2 N–H and O–H groups in total. The summed E-state index contributed by atoms with van der Waals surface area (Å²) in [4.78, 5) is 2.55. The van der Waals surface area contributed by atoms with Crippen molar-refractivity contribution < 1.29 is 0 Å². The Hall–Kier alpha value is -1.13. The molecule has 0 spiro atoms. The molecule has 3 atom stereocenters.